The van der Waals surface area contributed by atoms with Crippen LogP contribution >= 0.6 is 23.1 Å². The van der Waals surface area contributed by atoms with Gasteiger partial charge in [0.1, 0.15) is 10.5 Å². The minimum Gasteiger partial charge on any atom is -0.468 e. The molecule has 1 N–H and O–H groups in total. The maximum absolute atomic E-state index is 11.8. The van der Waals surface area contributed by atoms with Crippen molar-refractivity contribution in [2.45, 2.75) is 37.1 Å². The van der Waals surface area contributed by atoms with Gasteiger partial charge in [-0.3, -0.25) is 4.79 Å². The summed E-state index contributed by atoms with van der Waals surface area (Å²) in [5, 5.41) is 12.2. The highest BCUT2D eigenvalue weighted by Crippen LogP contribution is 2.26. The molecular formula is C11H19N3O2S2. The molecular weight excluding hydrogens is 270 g/mol. The van der Waals surface area contributed by atoms with Crippen LogP contribution in [0.3, 0.4) is 0 Å². The molecule has 0 aliphatic heterocycles. The molecule has 1 aromatic rings. The van der Waals surface area contributed by atoms with E-state index in [4.69, 9.17) is 4.74 Å². The topological polar surface area (TPSA) is 64.1 Å². The van der Waals surface area contributed by atoms with Gasteiger partial charge in [0.05, 0.1) is 7.11 Å². The fourth-order valence-electron chi connectivity index (χ4n) is 1.35. The van der Waals surface area contributed by atoms with Crippen molar-refractivity contribution in [3.8, 4) is 0 Å². The number of nitrogens with zero attached hydrogens (tertiary/aromatic N) is 2. The Labute approximate surface area is 116 Å². The van der Waals surface area contributed by atoms with Crippen molar-refractivity contribution in [2.24, 2.45) is 0 Å². The largest absolute Gasteiger partial charge is 0.468 e. The van der Waals surface area contributed by atoms with Crippen LogP contribution in [0.4, 0.5) is 0 Å². The van der Waals surface area contributed by atoms with Gasteiger partial charge in [-0.2, -0.15) is 0 Å². The molecule has 0 aromatic carbocycles. The van der Waals surface area contributed by atoms with Crippen LogP contribution in [0.5, 0.6) is 0 Å². The third-order valence-corrected chi connectivity index (χ3v) is 4.68. The summed E-state index contributed by atoms with van der Waals surface area (Å²) in [7, 11) is 1.41. The van der Waals surface area contributed by atoms with Crippen LogP contribution in [-0.2, 0) is 9.53 Å². The van der Waals surface area contributed by atoms with Gasteiger partial charge in [-0.25, -0.2) is 0 Å². The van der Waals surface area contributed by atoms with Crippen LogP contribution in [0, 0.1) is 6.92 Å². The molecule has 0 spiro atoms. The molecule has 0 radical (unpaired) electrons. The van der Waals surface area contributed by atoms with Crippen LogP contribution in [0.1, 0.15) is 25.3 Å². The summed E-state index contributed by atoms with van der Waals surface area (Å²) < 4.78 is 5.73. The summed E-state index contributed by atoms with van der Waals surface area (Å²) in [4.78, 5) is 11.8. The smallest absolute Gasteiger partial charge is 0.326 e. The summed E-state index contributed by atoms with van der Waals surface area (Å²) in [5.41, 5.74) is -0.686. The standard InChI is InChI=1S/C11H19N3O2S2/c1-5-6-12-11(3,9(15)16-4)7-17-10-14-13-8(2)18-10/h12H,5-7H2,1-4H3. The molecule has 0 saturated carbocycles. The molecule has 0 aliphatic carbocycles. The quantitative estimate of drug-likeness (QED) is 0.611. The maximum atomic E-state index is 11.8. The van der Waals surface area contributed by atoms with E-state index in [9.17, 15) is 4.79 Å². The van der Waals surface area contributed by atoms with Gasteiger partial charge < -0.3 is 10.1 Å². The van der Waals surface area contributed by atoms with E-state index in [-0.39, 0.29) is 5.97 Å². The Bertz CT molecular complexity index is 397. The lowest BCUT2D eigenvalue weighted by atomic mass is 10.1. The van der Waals surface area contributed by atoms with E-state index in [0.717, 1.165) is 22.3 Å². The zero-order chi connectivity index (χ0) is 13.6. The third-order valence-electron chi connectivity index (χ3n) is 2.39. The van der Waals surface area contributed by atoms with Crippen molar-refractivity contribution in [3.05, 3.63) is 5.01 Å². The van der Waals surface area contributed by atoms with Gasteiger partial charge in [0.2, 0.25) is 0 Å². The van der Waals surface area contributed by atoms with Gasteiger partial charge in [-0.15, -0.1) is 10.2 Å². The highest BCUT2D eigenvalue weighted by Gasteiger charge is 2.34. The molecule has 0 bridgehead atoms. The number of hydrogen-bond donors (Lipinski definition) is 1. The highest BCUT2D eigenvalue weighted by atomic mass is 32.2. The van der Waals surface area contributed by atoms with E-state index in [2.05, 4.69) is 22.4 Å². The minimum atomic E-state index is -0.686. The van der Waals surface area contributed by atoms with Crippen LogP contribution in [0.25, 0.3) is 0 Å². The molecule has 18 heavy (non-hydrogen) atoms. The number of ether oxygens (including phenoxy) is 1. The summed E-state index contributed by atoms with van der Waals surface area (Å²) >= 11 is 3.06. The second-order valence-corrected chi connectivity index (χ2v) is 6.53. The molecule has 1 unspecified atom stereocenters. The lowest BCUT2D eigenvalue weighted by Crippen LogP contribution is -2.52. The number of thioether (sulfide) groups is 1. The van der Waals surface area contributed by atoms with E-state index in [1.807, 2.05) is 13.8 Å². The summed E-state index contributed by atoms with van der Waals surface area (Å²) in [5.74, 6) is 0.332. The van der Waals surface area contributed by atoms with Crippen molar-refractivity contribution >= 4 is 29.1 Å². The fourth-order valence-corrected chi connectivity index (χ4v) is 3.27. The minimum absolute atomic E-state index is 0.246. The van der Waals surface area contributed by atoms with Crippen molar-refractivity contribution in [3.63, 3.8) is 0 Å². The second kappa shape index (κ2) is 7.06. The van der Waals surface area contributed by atoms with Crippen molar-refractivity contribution < 1.29 is 9.53 Å². The number of carbonyl (C=O) groups excluding carboxylic acids is 1. The zero-order valence-electron chi connectivity index (χ0n) is 11.1. The third kappa shape index (κ3) is 4.22. The Morgan fingerprint density at radius 3 is 2.78 bits per heavy atom. The van der Waals surface area contributed by atoms with Crippen LogP contribution in [0.15, 0.2) is 4.34 Å². The molecule has 0 saturated heterocycles. The number of carbonyl (C=O) groups is 1. The van der Waals surface area contributed by atoms with Crippen LogP contribution < -0.4 is 5.32 Å². The Morgan fingerprint density at radius 1 is 1.56 bits per heavy atom. The first-order valence-electron chi connectivity index (χ1n) is 5.78. The number of aromatic nitrogens is 2. The van der Waals surface area contributed by atoms with E-state index in [0.29, 0.717) is 5.75 Å². The van der Waals surface area contributed by atoms with Crippen LogP contribution in [0.2, 0.25) is 0 Å². The number of methoxy groups -OCH3 is 1. The van der Waals surface area contributed by atoms with Gasteiger partial charge in [0, 0.05) is 5.75 Å². The summed E-state index contributed by atoms with van der Waals surface area (Å²) in [6.45, 7) is 6.61. The van der Waals surface area contributed by atoms with Gasteiger partial charge in [-0.05, 0) is 26.8 Å². The predicted octanol–water partition coefficient (Wildman–Crippen LogP) is 1.87. The van der Waals surface area contributed by atoms with E-state index in [1.165, 1.54) is 30.2 Å². The molecule has 1 rings (SSSR count). The Kier molecular flexibility index (Phi) is 6.04. The van der Waals surface area contributed by atoms with E-state index >= 15 is 0 Å². The number of esters is 1. The Morgan fingerprint density at radius 2 is 2.28 bits per heavy atom. The SMILES string of the molecule is CCCNC(C)(CSc1nnc(C)s1)C(=O)OC. The highest BCUT2D eigenvalue weighted by molar-refractivity contribution is 8.01. The maximum Gasteiger partial charge on any atom is 0.326 e. The molecule has 7 heteroatoms. The molecule has 0 amide bonds. The first-order chi connectivity index (χ1) is 8.51. The van der Waals surface area contributed by atoms with Gasteiger partial charge in [0.25, 0.3) is 0 Å². The van der Waals surface area contributed by atoms with Gasteiger partial charge >= 0.3 is 5.97 Å². The monoisotopic (exact) mass is 289 g/mol. The molecule has 5 nitrogen and oxygen atoms in total. The predicted molar refractivity (Wildman–Crippen MR) is 74.1 cm³/mol. The average molecular weight is 289 g/mol. The van der Waals surface area contributed by atoms with Gasteiger partial charge in [0.15, 0.2) is 4.34 Å². The number of aryl methyl sites for hydroxylation is 1. The summed E-state index contributed by atoms with van der Waals surface area (Å²) in [6.07, 6.45) is 0.967. The fraction of sp³-hybridized carbons (Fsp3) is 0.727. The van der Waals surface area contributed by atoms with E-state index < -0.39 is 5.54 Å². The lowest BCUT2D eigenvalue weighted by molar-refractivity contribution is -0.146. The molecule has 102 valence electrons. The molecule has 1 aromatic heterocycles. The first-order valence-corrected chi connectivity index (χ1v) is 7.58. The number of nitrogens with one attached hydrogen (secondary N) is 1. The molecule has 0 fully saturated rings. The Balaban J connectivity index is 2.63. The van der Waals surface area contributed by atoms with Crippen LogP contribution in [-0.4, -0.2) is 41.1 Å². The molecule has 0 aliphatic rings. The number of hydrogen-bond acceptors (Lipinski definition) is 7. The van der Waals surface area contributed by atoms with Crippen molar-refractivity contribution in [1.29, 1.82) is 0 Å². The normalized spacial score (nSPS) is 14.2. The van der Waals surface area contributed by atoms with Gasteiger partial charge in [-0.1, -0.05) is 30.0 Å². The van der Waals surface area contributed by atoms with Crippen molar-refractivity contribution in [2.75, 3.05) is 19.4 Å². The first kappa shape index (κ1) is 15.4. The van der Waals surface area contributed by atoms with E-state index in [1.54, 1.807) is 0 Å². The Hall–Kier alpha value is -0.660. The molecule has 1 atom stereocenters. The average Bonchev–Trinajstić information content (AvgIpc) is 2.78. The lowest BCUT2D eigenvalue weighted by Gasteiger charge is -2.27. The van der Waals surface area contributed by atoms with Crippen molar-refractivity contribution in [1.82, 2.24) is 15.5 Å². The zero-order valence-corrected chi connectivity index (χ0v) is 12.8. The second-order valence-electron chi connectivity index (χ2n) is 4.13. The molecule has 1 heterocycles. The number of rotatable bonds is 7. The summed E-state index contributed by atoms with van der Waals surface area (Å²) in [6, 6.07) is 0.